The quantitative estimate of drug-likeness (QED) is 0.621. The molecule has 1 amide bonds. The fourth-order valence-electron chi connectivity index (χ4n) is 3.37. The number of nitrogens with zero attached hydrogens (tertiary/aromatic N) is 1. The molecule has 1 aliphatic rings. The summed E-state index contributed by atoms with van der Waals surface area (Å²) < 4.78 is 16.0. The summed E-state index contributed by atoms with van der Waals surface area (Å²) >= 11 is 0. The normalized spacial score (nSPS) is 19.4. The molecular formula is C18H26N2O7. The standard InChI is InChI=1S/C18H26N2O7/c1-25-12-7-14(26-2)13(15(8-12)27-3)9-19-10-18(16(21)22)5-4-6-20(11-18)17(23)24/h7-8,19H,4-6,9-11H2,1-3H3,(H,21,22)(H,23,24). The van der Waals surface area contributed by atoms with Gasteiger partial charge in [-0.1, -0.05) is 0 Å². The van der Waals surface area contributed by atoms with E-state index in [2.05, 4.69) is 5.32 Å². The lowest BCUT2D eigenvalue weighted by Gasteiger charge is -2.38. The van der Waals surface area contributed by atoms with Gasteiger partial charge in [-0.15, -0.1) is 0 Å². The SMILES string of the molecule is COc1cc(OC)c(CNCC2(C(=O)O)CCCN(C(=O)O)C2)c(OC)c1. The zero-order valence-corrected chi connectivity index (χ0v) is 15.8. The van der Waals surface area contributed by atoms with Crippen LogP contribution in [0.5, 0.6) is 17.2 Å². The molecule has 1 aromatic rings. The van der Waals surface area contributed by atoms with Crippen molar-refractivity contribution >= 4 is 12.1 Å². The van der Waals surface area contributed by atoms with Gasteiger partial charge < -0.3 is 34.6 Å². The van der Waals surface area contributed by atoms with E-state index in [-0.39, 0.29) is 13.1 Å². The first kappa shape index (κ1) is 20.6. The molecule has 0 aliphatic carbocycles. The topological polar surface area (TPSA) is 118 Å². The van der Waals surface area contributed by atoms with Crippen LogP contribution in [0.25, 0.3) is 0 Å². The molecule has 0 radical (unpaired) electrons. The molecule has 0 spiro atoms. The second-order valence-electron chi connectivity index (χ2n) is 6.51. The average molecular weight is 382 g/mol. The first-order valence-corrected chi connectivity index (χ1v) is 8.57. The number of hydrogen-bond donors (Lipinski definition) is 3. The Balaban J connectivity index is 2.16. The number of methoxy groups -OCH3 is 3. The van der Waals surface area contributed by atoms with Gasteiger partial charge in [0.25, 0.3) is 0 Å². The number of nitrogens with one attached hydrogen (secondary N) is 1. The van der Waals surface area contributed by atoms with Crippen LogP contribution >= 0.6 is 0 Å². The molecular weight excluding hydrogens is 356 g/mol. The lowest BCUT2D eigenvalue weighted by atomic mass is 9.79. The molecule has 1 unspecified atom stereocenters. The van der Waals surface area contributed by atoms with Crippen molar-refractivity contribution in [3.8, 4) is 17.2 Å². The van der Waals surface area contributed by atoms with Gasteiger partial charge in [-0.3, -0.25) is 4.79 Å². The highest BCUT2D eigenvalue weighted by Gasteiger charge is 2.43. The summed E-state index contributed by atoms with van der Waals surface area (Å²) in [5.41, 5.74) is -0.434. The lowest BCUT2D eigenvalue weighted by molar-refractivity contribution is -0.151. The molecule has 3 N–H and O–H groups in total. The van der Waals surface area contributed by atoms with E-state index in [1.807, 2.05) is 0 Å². The number of carboxylic acids is 1. The number of hydrogen-bond acceptors (Lipinski definition) is 6. The molecule has 9 heteroatoms. The van der Waals surface area contributed by atoms with E-state index >= 15 is 0 Å². The molecule has 27 heavy (non-hydrogen) atoms. The van der Waals surface area contributed by atoms with Crippen molar-refractivity contribution in [2.45, 2.75) is 19.4 Å². The van der Waals surface area contributed by atoms with Crippen LogP contribution in [0.1, 0.15) is 18.4 Å². The summed E-state index contributed by atoms with van der Waals surface area (Å²) in [6, 6.07) is 3.44. The van der Waals surface area contributed by atoms with Crippen LogP contribution in [0, 0.1) is 5.41 Å². The van der Waals surface area contributed by atoms with E-state index in [4.69, 9.17) is 14.2 Å². The molecule has 9 nitrogen and oxygen atoms in total. The Morgan fingerprint density at radius 2 is 1.78 bits per heavy atom. The molecule has 0 saturated carbocycles. The average Bonchev–Trinajstić information content (AvgIpc) is 2.67. The minimum absolute atomic E-state index is 0.0401. The zero-order chi connectivity index (χ0) is 20.0. The lowest BCUT2D eigenvalue weighted by Crippen LogP contribution is -2.53. The van der Waals surface area contributed by atoms with Gasteiger partial charge in [0.2, 0.25) is 0 Å². The number of piperidine rings is 1. The molecule has 1 saturated heterocycles. The van der Waals surface area contributed by atoms with E-state index in [1.165, 1.54) is 14.2 Å². The fourth-order valence-corrected chi connectivity index (χ4v) is 3.37. The van der Waals surface area contributed by atoms with E-state index in [1.54, 1.807) is 19.2 Å². The monoisotopic (exact) mass is 382 g/mol. The highest BCUT2D eigenvalue weighted by Crippen LogP contribution is 2.35. The number of benzene rings is 1. The number of amides is 1. The van der Waals surface area contributed by atoms with Gasteiger partial charge in [-0.25, -0.2) is 4.79 Å². The Morgan fingerprint density at radius 1 is 1.15 bits per heavy atom. The second-order valence-corrected chi connectivity index (χ2v) is 6.51. The molecule has 0 aromatic heterocycles. The smallest absolute Gasteiger partial charge is 0.407 e. The molecule has 1 heterocycles. The molecule has 1 aromatic carbocycles. The Morgan fingerprint density at radius 3 is 2.26 bits per heavy atom. The van der Waals surface area contributed by atoms with E-state index in [0.29, 0.717) is 43.2 Å². The second kappa shape index (κ2) is 8.81. The van der Waals surface area contributed by atoms with Crippen molar-refractivity contribution in [1.29, 1.82) is 0 Å². The van der Waals surface area contributed by atoms with Gasteiger partial charge in [0.15, 0.2) is 0 Å². The van der Waals surface area contributed by atoms with E-state index in [9.17, 15) is 19.8 Å². The zero-order valence-electron chi connectivity index (χ0n) is 15.8. The largest absolute Gasteiger partial charge is 0.496 e. The van der Waals surface area contributed by atoms with Gasteiger partial charge in [-0.2, -0.15) is 0 Å². The van der Waals surface area contributed by atoms with Crippen LogP contribution < -0.4 is 19.5 Å². The Kier molecular flexibility index (Phi) is 6.73. The summed E-state index contributed by atoms with van der Waals surface area (Å²) in [5.74, 6) is 0.686. The number of carboxylic acid groups (broad SMARTS) is 2. The van der Waals surface area contributed by atoms with Crippen LogP contribution in [-0.2, 0) is 11.3 Å². The van der Waals surface area contributed by atoms with Crippen LogP contribution in [0.3, 0.4) is 0 Å². The maximum absolute atomic E-state index is 11.9. The number of rotatable bonds is 8. The van der Waals surface area contributed by atoms with Crippen LogP contribution in [0.4, 0.5) is 4.79 Å². The number of carbonyl (C=O) groups is 2. The summed E-state index contributed by atoms with van der Waals surface area (Å²) in [6.07, 6.45) is -0.176. The van der Waals surface area contributed by atoms with Gasteiger partial charge in [-0.05, 0) is 12.8 Å². The third kappa shape index (κ3) is 4.54. The van der Waals surface area contributed by atoms with Gasteiger partial charge in [0, 0.05) is 38.3 Å². The Labute approximate surface area is 157 Å². The van der Waals surface area contributed by atoms with Crippen LogP contribution in [-0.4, -0.2) is 68.1 Å². The minimum atomic E-state index is -1.16. The van der Waals surface area contributed by atoms with E-state index in [0.717, 1.165) is 10.5 Å². The number of likely N-dealkylation sites (tertiary alicyclic amines) is 1. The maximum Gasteiger partial charge on any atom is 0.407 e. The van der Waals surface area contributed by atoms with Crippen LogP contribution in [0.15, 0.2) is 12.1 Å². The highest BCUT2D eigenvalue weighted by atomic mass is 16.5. The maximum atomic E-state index is 11.9. The van der Waals surface area contributed by atoms with Gasteiger partial charge >= 0.3 is 12.1 Å². The van der Waals surface area contributed by atoms with Crippen molar-refractivity contribution < 1.29 is 34.0 Å². The van der Waals surface area contributed by atoms with Crippen molar-refractivity contribution in [3.05, 3.63) is 17.7 Å². The Bertz CT molecular complexity index is 669. The summed E-state index contributed by atoms with van der Waals surface area (Å²) in [5, 5.41) is 22.1. The van der Waals surface area contributed by atoms with Crippen molar-refractivity contribution in [3.63, 3.8) is 0 Å². The summed E-state index contributed by atoms with van der Waals surface area (Å²) in [4.78, 5) is 24.3. The molecule has 1 atom stereocenters. The minimum Gasteiger partial charge on any atom is -0.496 e. The first-order chi connectivity index (χ1) is 12.9. The van der Waals surface area contributed by atoms with Crippen molar-refractivity contribution in [2.75, 3.05) is 41.0 Å². The van der Waals surface area contributed by atoms with Crippen molar-refractivity contribution in [1.82, 2.24) is 10.2 Å². The summed E-state index contributed by atoms with van der Waals surface area (Å²) in [6.45, 7) is 0.745. The first-order valence-electron chi connectivity index (χ1n) is 8.57. The molecule has 1 aliphatic heterocycles. The molecule has 150 valence electrons. The molecule has 2 rings (SSSR count). The molecule has 0 bridgehead atoms. The predicted octanol–water partition coefficient (Wildman–Crippen LogP) is 1.65. The number of aliphatic carboxylic acids is 1. The third-order valence-corrected chi connectivity index (χ3v) is 4.88. The van der Waals surface area contributed by atoms with Gasteiger partial charge in [0.1, 0.15) is 17.2 Å². The third-order valence-electron chi connectivity index (χ3n) is 4.88. The van der Waals surface area contributed by atoms with Gasteiger partial charge in [0.05, 0.1) is 32.3 Å². The molecule has 1 fully saturated rings. The predicted molar refractivity (Wildman–Crippen MR) is 96.7 cm³/mol. The number of ether oxygens (including phenoxy) is 3. The Hall–Kier alpha value is -2.68. The fraction of sp³-hybridized carbons (Fsp3) is 0.556. The van der Waals surface area contributed by atoms with E-state index < -0.39 is 17.5 Å². The van der Waals surface area contributed by atoms with Crippen LogP contribution in [0.2, 0.25) is 0 Å². The highest BCUT2D eigenvalue weighted by molar-refractivity contribution is 5.77. The summed E-state index contributed by atoms with van der Waals surface area (Å²) in [7, 11) is 4.60. The van der Waals surface area contributed by atoms with Crippen molar-refractivity contribution in [2.24, 2.45) is 5.41 Å².